The van der Waals surface area contributed by atoms with Crippen molar-refractivity contribution < 1.29 is 9.90 Å². The molecule has 22 heavy (non-hydrogen) atoms. The minimum Gasteiger partial charge on any atom is -0.481 e. The maximum Gasteiger partial charge on any atom is 0.307 e. The van der Waals surface area contributed by atoms with Gasteiger partial charge in [-0.25, -0.2) is 0 Å². The smallest absolute Gasteiger partial charge is 0.307 e. The van der Waals surface area contributed by atoms with E-state index in [9.17, 15) is 9.90 Å². The summed E-state index contributed by atoms with van der Waals surface area (Å²) >= 11 is 0. The highest BCUT2D eigenvalue weighted by atomic mass is 16.4. The molecule has 8 nitrogen and oxygen atoms in total. The Labute approximate surface area is 128 Å². The molecule has 0 radical (unpaired) electrons. The van der Waals surface area contributed by atoms with Gasteiger partial charge in [-0.05, 0) is 24.5 Å². The summed E-state index contributed by atoms with van der Waals surface area (Å²) in [5, 5.41) is 23.5. The van der Waals surface area contributed by atoms with Gasteiger partial charge in [0.05, 0.1) is 17.8 Å². The van der Waals surface area contributed by atoms with E-state index in [0.29, 0.717) is 24.4 Å². The van der Waals surface area contributed by atoms with Crippen LogP contribution < -0.4 is 5.73 Å². The predicted octanol–water partition coefficient (Wildman–Crippen LogP) is 1.25. The highest BCUT2D eigenvalue weighted by Crippen LogP contribution is 2.30. The Morgan fingerprint density at radius 1 is 1.41 bits per heavy atom. The SMILES string of the molecule is CC(C)CC(C(=O)O)C(Cc1ccc(N)cn1)c1nn[nH]n1. The molecule has 118 valence electrons. The quantitative estimate of drug-likeness (QED) is 0.701. The fourth-order valence-corrected chi connectivity index (χ4v) is 2.47. The molecule has 0 fully saturated rings. The molecule has 2 unspecified atom stereocenters. The zero-order chi connectivity index (χ0) is 16.1. The fraction of sp³-hybridized carbons (Fsp3) is 0.500. The van der Waals surface area contributed by atoms with Crippen LogP contribution in [0.15, 0.2) is 18.3 Å². The van der Waals surface area contributed by atoms with Gasteiger partial charge in [-0.15, -0.1) is 10.2 Å². The van der Waals surface area contributed by atoms with Crippen LogP contribution in [0.3, 0.4) is 0 Å². The van der Waals surface area contributed by atoms with Crippen molar-refractivity contribution in [1.82, 2.24) is 25.6 Å². The number of aromatic nitrogens is 5. The first-order valence-corrected chi connectivity index (χ1v) is 7.14. The number of carboxylic acids is 1. The molecular formula is C14H20N6O2. The van der Waals surface area contributed by atoms with E-state index in [2.05, 4.69) is 25.6 Å². The van der Waals surface area contributed by atoms with E-state index in [4.69, 9.17) is 5.73 Å². The standard InChI is InChI=1S/C14H20N6O2/c1-8(2)5-12(14(21)22)11(13-17-19-20-18-13)6-10-4-3-9(15)7-16-10/h3-4,7-8,11-12H,5-6,15H2,1-2H3,(H,21,22)(H,17,18,19,20). The summed E-state index contributed by atoms with van der Waals surface area (Å²) in [4.78, 5) is 15.9. The second kappa shape index (κ2) is 6.97. The summed E-state index contributed by atoms with van der Waals surface area (Å²) in [5.74, 6) is -1.22. The molecule has 0 saturated heterocycles. The third kappa shape index (κ3) is 4.00. The lowest BCUT2D eigenvalue weighted by Crippen LogP contribution is -2.26. The van der Waals surface area contributed by atoms with Crippen molar-refractivity contribution in [3.8, 4) is 0 Å². The molecule has 0 saturated carbocycles. The fourth-order valence-electron chi connectivity index (χ4n) is 2.47. The normalized spacial score (nSPS) is 14.0. The van der Waals surface area contributed by atoms with Gasteiger partial charge >= 0.3 is 5.97 Å². The van der Waals surface area contributed by atoms with Crippen molar-refractivity contribution in [2.24, 2.45) is 11.8 Å². The predicted molar refractivity (Wildman–Crippen MR) is 79.9 cm³/mol. The number of rotatable bonds is 7. The second-order valence-electron chi connectivity index (χ2n) is 5.74. The Morgan fingerprint density at radius 2 is 2.18 bits per heavy atom. The molecule has 2 aromatic heterocycles. The molecule has 0 bridgehead atoms. The van der Waals surface area contributed by atoms with Crippen LogP contribution in [-0.4, -0.2) is 36.7 Å². The van der Waals surface area contributed by atoms with Gasteiger partial charge in [-0.3, -0.25) is 9.78 Å². The van der Waals surface area contributed by atoms with E-state index < -0.39 is 17.8 Å². The average molecular weight is 304 g/mol. The monoisotopic (exact) mass is 304 g/mol. The van der Waals surface area contributed by atoms with Crippen molar-refractivity contribution in [2.75, 3.05) is 5.73 Å². The van der Waals surface area contributed by atoms with Gasteiger partial charge in [0.25, 0.3) is 0 Å². The van der Waals surface area contributed by atoms with Gasteiger partial charge in [0.1, 0.15) is 0 Å². The van der Waals surface area contributed by atoms with Crippen LogP contribution in [0.2, 0.25) is 0 Å². The number of nitrogens with one attached hydrogen (secondary N) is 1. The van der Waals surface area contributed by atoms with Crippen molar-refractivity contribution in [3.63, 3.8) is 0 Å². The Bertz CT molecular complexity index is 596. The minimum absolute atomic E-state index is 0.245. The number of hydrogen-bond acceptors (Lipinski definition) is 6. The number of nitrogens with two attached hydrogens (primary N) is 1. The maximum atomic E-state index is 11.7. The molecule has 4 N–H and O–H groups in total. The third-order valence-electron chi connectivity index (χ3n) is 3.50. The van der Waals surface area contributed by atoms with E-state index in [0.717, 1.165) is 5.69 Å². The van der Waals surface area contributed by atoms with Crippen molar-refractivity contribution in [2.45, 2.75) is 32.6 Å². The summed E-state index contributed by atoms with van der Waals surface area (Å²) in [5.41, 5.74) is 6.95. The summed E-state index contributed by atoms with van der Waals surface area (Å²) in [6, 6.07) is 3.53. The number of aromatic amines is 1. The highest BCUT2D eigenvalue weighted by molar-refractivity contribution is 5.71. The summed E-state index contributed by atoms with van der Waals surface area (Å²) in [6.07, 6.45) is 2.51. The zero-order valence-corrected chi connectivity index (χ0v) is 12.6. The van der Waals surface area contributed by atoms with E-state index in [1.807, 2.05) is 13.8 Å². The minimum atomic E-state index is -0.862. The number of pyridine rings is 1. The van der Waals surface area contributed by atoms with Gasteiger partial charge in [-0.1, -0.05) is 19.1 Å². The number of H-pyrrole nitrogens is 1. The molecule has 0 aromatic carbocycles. The molecule has 2 rings (SSSR count). The first-order valence-electron chi connectivity index (χ1n) is 7.14. The third-order valence-corrected chi connectivity index (χ3v) is 3.50. The molecule has 0 aliphatic carbocycles. The van der Waals surface area contributed by atoms with Gasteiger partial charge < -0.3 is 10.8 Å². The van der Waals surface area contributed by atoms with Gasteiger partial charge in [0.15, 0.2) is 5.82 Å². The lowest BCUT2D eigenvalue weighted by Gasteiger charge is -2.22. The number of carbonyl (C=O) groups is 1. The molecular weight excluding hydrogens is 284 g/mol. The number of hydrogen-bond donors (Lipinski definition) is 3. The topological polar surface area (TPSA) is 131 Å². The van der Waals surface area contributed by atoms with Crippen LogP contribution >= 0.6 is 0 Å². The van der Waals surface area contributed by atoms with Crippen LogP contribution in [-0.2, 0) is 11.2 Å². The number of carboxylic acid groups (broad SMARTS) is 1. The van der Waals surface area contributed by atoms with Gasteiger partial charge in [-0.2, -0.15) is 5.21 Å². The Kier molecular flexibility index (Phi) is 5.03. The molecule has 2 atom stereocenters. The molecule has 8 heteroatoms. The second-order valence-corrected chi connectivity index (χ2v) is 5.74. The van der Waals surface area contributed by atoms with Crippen LogP contribution in [0.5, 0.6) is 0 Å². The Morgan fingerprint density at radius 3 is 2.68 bits per heavy atom. The number of anilines is 1. The van der Waals surface area contributed by atoms with Crippen LogP contribution in [0.25, 0.3) is 0 Å². The molecule has 2 aromatic rings. The van der Waals surface area contributed by atoms with E-state index in [1.165, 1.54) is 0 Å². The van der Waals surface area contributed by atoms with E-state index in [1.54, 1.807) is 18.3 Å². The van der Waals surface area contributed by atoms with Crippen LogP contribution in [0.1, 0.15) is 37.7 Å². The summed E-state index contributed by atoms with van der Waals surface area (Å²) < 4.78 is 0. The van der Waals surface area contributed by atoms with E-state index >= 15 is 0 Å². The zero-order valence-electron chi connectivity index (χ0n) is 12.6. The molecule has 0 aliphatic rings. The highest BCUT2D eigenvalue weighted by Gasteiger charge is 2.33. The molecule has 0 spiro atoms. The summed E-state index contributed by atoms with van der Waals surface area (Å²) in [7, 11) is 0. The number of tetrazole rings is 1. The van der Waals surface area contributed by atoms with Crippen LogP contribution in [0, 0.1) is 11.8 Å². The largest absolute Gasteiger partial charge is 0.481 e. The Balaban J connectivity index is 2.29. The number of nitrogen functional groups attached to an aromatic ring is 1. The molecule has 0 aliphatic heterocycles. The Hall–Kier alpha value is -2.51. The van der Waals surface area contributed by atoms with E-state index in [-0.39, 0.29) is 5.92 Å². The molecule has 2 heterocycles. The number of aliphatic carboxylic acids is 1. The first kappa shape index (κ1) is 15.9. The van der Waals surface area contributed by atoms with Crippen molar-refractivity contribution >= 4 is 11.7 Å². The maximum absolute atomic E-state index is 11.7. The van der Waals surface area contributed by atoms with Gasteiger partial charge in [0.2, 0.25) is 0 Å². The molecule has 0 amide bonds. The average Bonchev–Trinajstić information content (AvgIpc) is 2.98. The van der Waals surface area contributed by atoms with Crippen molar-refractivity contribution in [3.05, 3.63) is 29.8 Å². The summed E-state index contributed by atoms with van der Waals surface area (Å²) in [6.45, 7) is 3.98. The van der Waals surface area contributed by atoms with Gasteiger partial charge in [0, 0.05) is 18.0 Å². The number of nitrogens with zero attached hydrogens (tertiary/aromatic N) is 4. The lowest BCUT2D eigenvalue weighted by molar-refractivity contribution is -0.143. The van der Waals surface area contributed by atoms with Crippen molar-refractivity contribution in [1.29, 1.82) is 0 Å². The lowest BCUT2D eigenvalue weighted by atomic mass is 9.82. The van der Waals surface area contributed by atoms with Crippen LogP contribution in [0.4, 0.5) is 5.69 Å². The first-order chi connectivity index (χ1) is 10.5.